The third kappa shape index (κ3) is 4.01. The summed E-state index contributed by atoms with van der Waals surface area (Å²) in [4.78, 5) is 2.30. The number of hydrogen-bond donors (Lipinski definition) is 1. The lowest BCUT2D eigenvalue weighted by Gasteiger charge is -2.37. The largest absolute Gasteiger partial charge is 0.390 e. The lowest BCUT2D eigenvalue weighted by molar-refractivity contribution is -0.0941. The maximum atomic E-state index is 13.1. The second kappa shape index (κ2) is 6.98. The van der Waals surface area contributed by atoms with Crippen LogP contribution in [0.2, 0.25) is 0 Å². The van der Waals surface area contributed by atoms with Crippen molar-refractivity contribution in [3.8, 4) is 0 Å². The minimum Gasteiger partial charge on any atom is -0.390 e. The Morgan fingerprint density at radius 3 is 2.90 bits per heavy atom. The third-order valence-corrected chi connectivity index (χ3v) is 4.47. The van der Waals surface area contributed by atoms with Crippen molar-refractivity contribution in [1.29, 1.82) is 0 Å². The second-order valence-electron chi connectivity index (χ2n) is 5.51. The smallest absolute Gasteiger partial charge is 0.124 e. The molecule has 20 heavy (non-hydrogen) atoms. The average Bonchev–Trinajstić information content (AvgIpc) is 2.42. The first-order chi connectivity index (χ1) is 9.47. The van der Waals surface area contributed by atoms with E-state index in [-0.39, 0.29) is 11.9 Å². The second-order valence-corrected chi connectivity index (χ2v) is 6.36. The molecule has 3 nitrogen and oxygen atoms in total. The summed E-state index contributed by atoms with van der Waals surface area (Å²) in [7, 11) is 0. The lowest BCUT2D eigenvalue weighted by atomic mass is 10.0. The van der Waals surface area contributed by atoms with E-state index in [0.29, 0.717) is 23.5 Å². The Kier molecular flexibility index (Phi) is 5.55. The quantitative estimate of drug-likeness (QED) is 0.910. The number of halogens is 2. The molecule has 112 valence electrons. The molecule has 1 heterocycles. The molecule has 0 radical (unpaired) electrons. The molecule has 1 N–H and O–H groups in total. The Morgan fingerprint density at radius 2 is 2.25 bits per heavy atom. The van der Waals surface area contributed by atoms with Gasteiger partial charge in [0.1, 0.15) is 5.82 Å². The molecule has 0 spiro atoms. The fourth-order valence-corrected chi connectivity index (χ4v) is 2.95. The Hall–Kier alpha value is -0.490. The van der Waals surface area contributed by atoms with Crippen molar-refractivity contribution in [1.82, 2.24) is 4.90 Å². The molecule has 5 heteroatoms. The van der Waals surface area contributed by atoms with E-state index in [4.69, 9.17) is 4.74 Å². The Balaban J connectivity index is 1.98. The number of hydrogen-bond acceptors (Lipinski definition) is 3. The number of rotatable bonds is 4. The van der Waals surface area contributed by atoms with Crippen LogP contribution in [0, 0.1) is 5.82 Å². The van der Waals surface area contributed by atoms with Gasteiger partial charge in [-0.2, -0.15) is 0 Å². The monoisotopic (exact) mass is 345 g/mol. The van der Waals surface area contributed by atoms with E-state index >= 15 is 0 Å². The van der Waals surface area contributed by atoms with Crippen LogP contribution in [0.15, 0.2) is 22.7 Å². The average molecular weight is 346 g/mol. The molecular weight excluding hydrogens is 325 g/mol. The van der Waals surface area contributed by atoms with E-state index in [0.717, 1.165) is 18.7 Å². The summed E-state index contributed by atoms with van der Waals surface area (Å²) < 4.78 is 19.4. The minimum absolute atomic E-state index is 0.192. The highest BCUT2D eigenvalue weighted by atomic mass is 79.9. The first-order valence-electron chi connectivity index (χ1n) is 6.95. The molecule has 1 aromatic rings. The van der Waals surface area contributed by atoms with E-state index in [9.17, 15) is 9.50 Å². The van der Waals surface area contributed by atoms with Crippen LogP contribution in [0.1, 0.15) is 19.4 Å². The van der Waals surface area contributed by atoms with Gasteiger partial charge in [-0.05, 0) is 31.5 Å². The van der Waals surface area contributed by atoms with Gasteiger partial charge in [-0.1, -0.05) is 22.0 Å². The lowest BCUT2D eigenvalue weighted by Crippen LogP contribution is -2.50. The Morgan fingerprint density at radius 1 is 1.50 bits per heavy atom. The number of aliphatic hydroxyl groups excluding tert-OH is 1. The van der Waals surface area contributed by atoms with Gasteiger partial charge in [0.15, 0.2) is 0 Å². The highest BCUT2D eigenvalue weighted by molar-refractivity contribution is 9.10. The molecule has 0 saturated carbocycles. The van der Waals surface area contributed by atoms with Gasteiger partial charge in [-0.25, -0.2) is 4.39 Å². The molecule has 1 aliphatic rings. The Bertz CT molecular complexity index is 455. The third-order valence-electron chi connectivity index (χ3n) is 3.73. The van der Waals surface area contributed by atoms with E-state index in [1.165, 1.54) is 12.1 Å². The summed E-state index contributed by atoms with van der Waals surface area (Å²) in [5.74, 6) is -0.282. The topological polar surface area (TPSA) is 32.7 Å². The SMILES string of the molecule is CC(C)N1CCOC(C(O)Cc2ccc(F)cc2Br)C1. The maximum Gasteiger partial charge on any atom is 0.124 e. The first-order valence-corrected chi connectivity index (χ1v) is 7.74. The fourth-order valence-electron chi connectivity index (χ4n) is 2.44. The standard InChI is InChI=1S/C15H21BrFNO2/c1-10(2)18-5-6-20-15(9-18)14(19)7-11-3-4-12(17)8-13(11)16/h3-4,8,10,14-15,19H,5-7,9H2,1-2H3. The molecule has 0 amide bonds. The van der Waals surface area contributed by atoms with Gasteiger partial charge in [-0.3, -0.25) is 4.90 Å². The van der Waals surface area contributed by atoms with Gasteiger partial charge in [0, 0.05) is 30.0 Å². The van der Waals surface area contributed by atoms with Crippen LogP contribution in [-0.4, -0.2) is 48.0 Å². The van der Waals surface area contributed by atoms with Gasteiger partial charge >= 0.3 is 0 Å². The van der Waals surface area contributed by atoms with Crippen LogP contribution in [0.5, 0.6) is 0 Å². The minimum atomic E-state index is -0.585. The molecule has 0 bridgehead atoms. The highest BCUT2D eigenvalue weighted by Gasteiger charge is 2.28. The van der Waals surface area contributed by atoms with Crippen molar-refractivity contribution >= 4 is 15.9 Å². The molecule has 0 aromatic heterocycles. The van der Waals surface area contributed by atoms with Crippen molar-refractivity contribution < 1.29 is 14.2 Å². The summed E-state index contributed by atoms with van der Waals surface area (Å²) >= 11 is 3.33. The van der Waals surface area contributed by atoms with Crippen LogP contribution in [0.25, 0.3) is 0 Å². The summed E-state index contributed by atoms with van der Waals surface area (Å²) in [6, 6.07) is 4.98. The van der Waals surface area contributed by atoms with E-state index in [1.807, 2.05) is 0 Å². The molecular formula is C15H21BrFNO2. The summed E-state index contributed by atoms with van der Waals surface area (Å²) in [5, 5.41) is 10.4. The van der Waals surface area contributed by atoms with Crippen LogP contribution in [0.3, 0.4) is 0 Å². The van der Waals surface area contributed by atoms with Gasteiger partial charge in [0.05, 0.1) is 18.8 Å². The van der Waals surface area contributed by atoms with Crippen LogP contribution >= 0.6 is 15.9 Å². The first kappa shape index (κ1) is 15.9. The highest BCUT2D eigenvalue weighted by Crippen LogP contribution is 2.22. The molecule has 2 unspecified atom stereocenters. The summed E-state index contributed by atoms with van der Waals surface area (Å²) in [6.45, 7) is 6.57. The number of benzene rings is 1. The fraction of sp³-hybridized carbons (Fsp3) is 0.600. The molecule has 1 saturated heterocycles. The van der Waals surface area contributed by atoms with Crippen LogP contribution in [0.4, 0.5) is 4.39 Å². The number of nitrogens with zero attached hydrogens (tertiary/aromatic N) is 1. The zero-order valence-electron chi connectivity index (χ0n) is 11.9. The zero-order chi connectivity index (χ0) is 14.7. The molecule has 0 aliphatic carbocycles. The summed E-state index contributed by atoms with van der Waals surface area (Å²) in [6.07, 6.45) is -0.321. The van der Waals surface area contributed by atoms with E-state index in [2.05, 4.69) is 34.7 Å². The molecule has 1 aromatic carbocycles. The van der Waals surface area contributed by atoms with Crippen LogP contribution < -0.4 is 0 Å². The van der Waals surface area contributed by atoms with Gasteiger partial charge in [-0.15, -0.1) is 0 Å². The zero-order valence-corrected chi connectivity index (χ0v) is 13.4. The molecule has 1 aliphatic heterocycles. The number of morpholine rings is 1. The predicted octanol–water partition coefficient (Wildman–Crippen LogP) is 2.60. The molecule has 1 fully saturated rings. The van der Waals surface area contributed by atoms with Crippen molar-refractivity contribution in [3.63, 3.8) is 0 Å². The van der Waals surface area contributed by atoms with Crippen LogP contribution in [-0.2, 0) is 11.2 Å². The van der Waals surface area contributed by atoms with Crippen molar-refractivity contribution in [3.05, 3.63) is 34.1 Å². The van der Waals surface area contributed by atoms with Gasteiger partial charge < -0.3 is 9.84 Å². The number of aliphatic hydroxyl groups is 1. The molecule has 2 atom stereocenters. The van der Waals surface area contributed by atoms with Crippen molar-refractivity contribution in [2.24, 2.45) is 0 Å². The van der Waals surface area contributed by atoms with Crippen molar-refractivity contribution in [2.45, 2.75) is 38.5 Å². The van der Waals surface area contributed by atoms with Crippen molar-refractivity contribution in [2.75, 3.05) is 19.7 Å². The maximum absolute atomic E-state index is 13.1. The Labute approximate surface area is 127 Å². The normalized spacial score (nSPS) is 22.2. The van der Waals surface area contributed by atoms with E-state index in [1.54, 1.807) is 6.07 Å². The van der Waals surface area contributed by atoms with E-state index < -0.39 is 6.10 Å². The predicted molar refractivity (Wildman–Crippen MR) is 80.3 cm³/mol. The number of ether oxygens (including phenoxy) is 1. The summed E-state index contributed by atoms with van der Waals surface area (Å²) in [5.41, 5.74) is 0.893. The molecule has 2 rings (SSSR count). The van der Waals surface area contributed by atoms with Gasteiger partial charge in [0.25, 0.3) is 0 Å². The van der Waals surface area contributed by atoms with Gasteiger partial charge in [0.2, 0.25) is 0 Å².